The molecule has 0 atom stereocenters. The number of likely N-dealkylation sites (tertiary alicyclic amines) is 1. The van der Waals surface area contributed by atoms with Crippen LogP contribution in [0.4, 0.5) is 0 Å². The second-order valence-electron chi connectivity index (χ2n) is 13.0. The molecule has 2 aromatic heterocycles. The van der Waals surface area contributed by atoms with Crippen molar-refractivity contribution in [1.82, 2.24) is 19.4 Å². The smallest absolute Gasteiger partial charge is 0.311 e. The van der Waals surface area contributed by atoms with Crippen molar-refractivity contribution in [3.8, 4) is 16.3 Å². The molecule has 41 heavy (non-hydrogen) atoms. The zero-order chi connectivity index (χ0) is 30.1. The summed E-state index contributed by atoms with van der Waals surface area (Å²) >= 11 is 1.69. The van der Waals surface area contributed by atoms with Gasteiger partial charge in [0.25, 0.3) is 0 Å². The molecule has 222 valence electrons. The summed E-state index contributed by atoms with van der Waals surface area (Å²) in [5.74, 6) is 1.02. The summed E-state index contributed by atoms with van der Waals surface area (Å²) in [7, 11) is 3.12. The number of aromatic nitrogens is 3. The van der Waals surface area contributed by atoms with E-state index in [0.29, 0.717) is 24.7 Å². The van der Waals surface area contributed by atoms with E-state index in [9.17, 15) is 9.59 Å². The molecule has 3 aromatic rings. The van der Waals surface area contributed by atoms with E-state index in [-0.39, 0.29) is 35.7 Å². The van der Waals surface area contributed by atoms with Crippen molar-refractivity contribution in [1.29, 1.82) is 0 Å². The van der Waals surface area contributed by atoms with Crippen LogP contribution in [-0.2, 0) is 38.1 Å². The van der Waals surface area contributed by atoms with E-state index < -0.39 is 0 Å². The van der Waals surface area contributed by atoms with Crippen LogP contribution in [0.2, 0.25) is 0 Å². The van der Waals surface area contributed by atoms with Crippen LogP contribution in [-0.4, -0.2) is 58.6 Å². The maximum atomic E-state index is 13.1. The number of hydrogen-bond donors (Lipinski definition) is 0. The number of carbonyl (C=O) groups is 2. The molecule has 8 nitrogen and oxygen atoms in total. The van der Waals surface area contributed by atoms with Crippen LogP contribution in [0.1, 0.15) is 88.5 Å². The van der Waals surface area contributed by atoms with Gasteiger partial charge in [0, 0.05) is 46.8 Å². The van der Waals surface area contributed by atoms with Crippen LogP contribution in [0.25, 0.3) is 10.6 Å². The Morgan fingerprint density at radius 2 is 1.63 bits per heavy atom. The summed E-state index contributed by atoms with van der Waals surface area (Å²) in [6, 6.07) is 4.49. The van der Waals surface area contributed by atoms with Crippen molar-refractivity contribution >= 4 is 23.2 Å². The first-order valence-electron chi connectivity index (χ1n) is 14.3. The van der Waals surface area contributed by atoms with Gasteiger partial charge in [0.1, 0.15) is 17.3 Å². The van der Waals surface area contributed by atoms with Gasteiger partial charge in [-0.25, -0.2) is 9.97 Å². The first-order chi connectivity index (χ1) is 19.2. The van der Waals surface area contributed by atoms with E-state index in [0.717, 1.165) is 40.6 Å². The Balaban J connectivity index is 1.45. The molecule has 1 saturated heterocycles. The second-order valence-corrected chi connectivity index (χ2v) is 13.9. The van der Waals surface area contributed by atoms with Crippen LogP contribution in [0, 0.1) is 6.92 Å². The number of imidazole rings is 1. The van der Waals surface area contributed by atoms with Gasteiger partial charge in [0.2, 0.25) is 5.91 Å². The third-order valence-corrected chi connectivity index (χ3v) is 8.90. The summed E-state index contributed by atoms with van der Waals surface area (Å²) in [4.78, 5) is 36.0. The van der Waals surface area contributed by atoms with Crippen LogP contribution >= 0.6 is 11.3 Å². The van der Waals surface area contributed by atoms with Gasteiger partial charge < -0.3 is 18.9 Å². The lowest BCUT2D eigenvalue weighted by Crippen LogP contribution is -2.39. The Morgan fingerprint density at radius 1 is 1.02 bits per heavy atom. The minimum atomic E-state index is -0.340. The van der Waals surface area contributed by atoms with Crippen LogP contribution in [0.15, 0.2) is 23.8 Å². The normalized spacial score (nSPS) is 14.8. The molecular weight excluding hydrogens is 536 g/mol. The molecule has 0 bridgehead atoms. The number of thiazole rings is 1. The SMILES string of the molecule is COC(=O)Cc1ncn(CC(=O)N2CCC(c3csc(-c4cc(C(C)(C)C)c(OC)c(C(C)(C)C)c4)n3)CC2)c1C. The fourth-order valence-electron chi connectivity index (χ4n) is 5.39. The lowest BCUT2D eigenvalue weighted by molar-refractivity contribution is -0.139. The molecule has 1 fully saturated rings. The van der Waals surface area contributed by atoms with E-state index in [1.807, 2.05) is 16.4 Å². The molecule has 1 aromatic carbocycles. The van der Waals surface area contributed by atoms with Gasteiger partial charge in [0.05, 0.1) is 38.4 Å². The van der Waals surface area contributed by atoms with Crippen LogP contribution in [0.3, 0.4) is 0 Å². The van der Waals surface area contributed by atoms with E-state index in [1.165, 1.54) is 18.2 Å². The first-order valence-corrected chi connectivity index (χ1v) is 15.1. The number of rotatable bonds is 7. The third-order valence-electron chi connectivity index (χ3n) is 7.99. The lowest BCUT2D eigenvalue weighted by Gasteiger charge is -2.31. The van der Waals surface area contributed by atoms with E-state index in [4.69, 9.17) is 14.5 Å². The van der Waals surface area contributed by atoms with Crippen molar-refractivity contribution in [3.05, 3.63) is 52.0 Å². The van der Waals surface area contributed by atoms with Gasteiger partial charge >= 0.3 is 5.97 Å². The lowest BCUT2D eigenvalue weighted by atomic mass is 9.78. The Morgan fingerprint density at radius 3 is 2.17 bits per heavy atom. The average molecular weight is 581 g/mol. The van der Waals surface area contributed by atoms with Crippen LogP contribution < -0.4 is 4.74 Å². The molecule has 1 aliphatic rings. The minimum Gasteiger partial charge on any atom is -0.496 e. The molecule has 0 N–H and O–H groups in total. The average Bonchev–Trinajstić information content (AvgIpc) is 3.54. The van der Waals surface area contributed by atoms with Gasteiger partial charge in [-0.05, 0) is 42.7 Å². The number of nitrogens with zero attached hydrogens (tertiary/aromatic N) is 4. The van der Waals surface area contributed by atoms with Gasteiger partial charge in [-0.15, -0.1) is 11.3 Å². The fourth-order valence-corrected chi connectivity index (χ4v) is 6.28. The Bertz CT molecular complexity index is 1370. The third kappa shape index (κ3) is 6.83. The standard InChI is InChI=1S/C32H44N4O4S/c1-20-25(16-28(38)39-8)33-19-36(20)17-27(37)35-12-10-21(11-13-35)26-18-41-30(34-26)22-14-23(31(2,3)4)29(40-9)24(15-22)32(5,6)7/h14-15,18-19,21H,10-13,16-17H2,1-9H3. The molecule has 0 radical (unpaired) electrons. The van der Waals surface area contributed by atoms with Crippen molar-refractivity contribution in [3.63, 3.8) is 0 Å². The van der Waals surface area contributed by atoms with E-state index in [1.54, 1.807) is 24.8 Å². The fraction of sp³-hybridized carbons (Fsp3) is 0.562. The summed E-state index contributed by atoms with van der Waals surface area (Å²) in [5.41, 5.74) is 5.94. The zero-order valence-corrected chi connectivity index (χ0v) is 26.8. The molecule has 9 heteroatoms. The predicted octanol–water partition coefficient (Wildman–Crippen LogP) is 6.04. The Labute approximate surface area is 248 Å². The Kier molecular flexibility index (Phi) is 8.97. The topological polar surface area (TPSA) is 86.5 Å². The number of ether oxygens (including phenoxy) is 2. The van der Waals surface area contributed by atoms with Crippen molar-refractivity contribution in [2.75, 3.05) is 27.3 Å². The van der Waals surface area contributed by atoms with E-state index >= 15 is 0 Å². The number of piperidine rings is 1. The predicted molar refractivity (Wildman–Crippen MR) is 163 cm³/mol. The van der Waals surface area contributed by atoms with Gasteiger partial charge in [-0.3, -0.25) is 9.59 Å². The minimum absolute atomic E-state index is 0.0650. The monoisotopic (exact) mass is 580 g/mol. The summed E-state index contributed by atoms with van der Waals surface area (Å²) < 4.78 is 12.5. The molecule has 0 spiro atoms. The van der Waals surface area contributed by atoms with Gasteiger partial charge in [-0.2, -0.15) is 0 Å². The summed E-state index contributed by atoms with van der Waals surface area (Å²) in [5, 5.41) is 3.21. The molecule has 3 heterocycles. The van der Waals surface area contributed by atoms with Crippen LogP contribution in [0.5, 0.6) is 5.75 Å². The van der Waals surface area contributed by atoms with Crippen molar-refractivity contribution < 1.29 is 19.1 Å². The van der Waals surface area contributed by atoms with E-state index in [2.05, 4.69) is 64.0 Å². The largest absolute Gasteiger partial charge is 0.496 e. The highest BCUT2D eigenvalue weighted by Gasteiger charge is 2.30. The first kappa shape index (κ1) is 30.8. The maximum absolute atomic E-state index is 13.1. The van der Waals surface area contributed by atoms with Crippen molar-refractivity contribution in [2.24, 2.45) is 0 Å². The highest BCUT2D eigenvalue weighted by atomic mass is 32.1. The molecule has 1 amide bonds. The highest BCUT2D eigenvalue weighted by Crippen LogP contribution is 2.43. The number of benzene rings is 1. The number of amides is 1. The molecule has 4 rings (SSSR count). The van der Waals surface area contributed by atoms with Gasteiger partial charge in [0.15, 0.2) is 0 Å². The van der Waals surface area contributed by atoms with Gasteiger partial charge in [-0.1, -0.05) is 41.5 Å². The highest BCUT2D eigenvalue weighted by molar-refractivity contribution is 7.13. The molecule has 1 aliphatic heterocycles. The second kappa shape index (κ2) is 12.0. The van der Waals surface area contributed by atoms with Crippen molar-refractivity contribution in [2.45, 2.75) is 91.0 Å². The zero-order valence-electron chi connectivity index (χ0n) is 26.0. The summed E-state index contributed by atoms with van der Waals surface area (Å²) in [6.45, 7) is 16.8. The maximum Gasteiger partial charge on any atom is 0.311 e. The number of methoxy groups -OCH3 is 2. The quantitative estimate of drug-likeness (QED) is 0.317. The molecule has 0 unspecified atom stereocenters. The number of esters is 1. The molecular formula is C32H44N4O4S. The molecule has 0 aliphatic carbocycles. The number of hydrogen-bond acceptors (Lipinski definition) is 7. The summed E-state index contributed by atoms with van der Waals surface area (Å²) in [6.07, 6.45) is 3.50. The number of carbonyl (C=O) groups excluding carboxylic acids is 2. The molecule has 0 saturated carbocycles. The Hall–Kier alpha value is -3.20.